The van der Waals surface area contributed by atoms with E-state index in [-0.39, 0.29) is 46.8 Å². The Bertz CT molecular complexity index is 1310. The van der Waals surface area contributed by atoms with Gasteiger partial charge in [0, 0.05) is 61.5 Å². The Balaban J connectivity index is 1.16. The number of rotatable bonds is 6. The summed E-state index contributed by atoms with van der Waals surface area (Å²) in [5.41, 5.74) is -0.0164. The van der Waals surface area contributed by atoms with Gasteiger partial charge in [-0.3, -0.25) is 9.59 Å². The van der Waals surface area contributed by atoms with Crippen molar-refractivity contribution in [3.8, 4) is 11.8 Å². The fourth-order valence-corrected chi connectivity index (χ4v) is 6.77. The Morgan fingerprint density at radius 1 is 1.12 bits per heavy atom. The number of nitrogens with zero attached hydrogens (tertiary/aromatic N) is 5. The Morgan fingerprint density at radius 3 is 2.33 bits per heavy atom. The molecule has 0 atom stereocenters. The van der Waals surface area contributed by atoms with Gasteiger partial charge in [-0.1, -0.05) is 39.3 Å². The first kappa shape index (κ1) is 28.1. The summed E-state index contributed by atoms with van der Waals surface area (Å²) < 4.78 is 6.29. The Kier molecular flexibility index (Phi) is 7.40. The highest BCUT2D eigenvalue weighted by Crippen LogP contribution is 2.55. The van der Waals surface area contributed by atoms with Gasteiger partial charge in [-0.25, -0.2) is 9.97 Å². The van der Waals surface area contributed by atoms with Gasteiger partial charge in [0.15, 0.2) is 0 Å². The van der Waals surface area contributed by atoms with Crippen LogP contribution in [0, 0.1) is 28.1 Å². The van der Waals surface area contributed by atoms with Crippen LogP contribution in [-0.2, 0) is 4.79 Å². The summed E-state index contributed by atoms with van der Waals surface area (Å²) in [6.07, 6.45) is 3.78. The largest absolute Gasteiger partial charge is 0.489 e. The number of carbonyl (C=O) groups excluding carboxylic acids is 2. The molecule has 5 rings (SSSR count). The molecule has 1 aromatic carbocycles. The number of aliphatic hydroxyl groups is 1. The molecule has 1 aliphatic carbocycles. The molecule has 3 heterocycles. The molecule has 0 bridgehead atoms. The Hall–Kier alpha value is -3.42. The first-order chi connectivity index (χ1) is 18.9. The number of halogens is 1. The summed E-state index contributed by atoms with van der Waals surface area (Å²) >= 11 is 6.18. The maximum atomic E-state index is 13.1. The molecule has 2 N–H and O–H groups in total. The number of hydrogen-bond donors (Lipinski definition) is 2. The fourth-order valence-electron chi connectivity index (χ4n) is 6.55. The number of ether oxygens (including phenoxy) is 1. The molecular weight excluding hydrogens is 532 g/mol. The fraction of sp³-hybridized carbons (Fsp3) is 0.552. The van der Waals surface area contributed by atoms with E-state index in [9.17, 15) is 14.7 Å². The zero-order valence-electron chi connectivity index (χ0n) is 23.2. The van der Waals surface area contributed by atoms with Crippen molar-refractivity contribution >= 4 is 29.4 Å². The van der Waals surface area contributed by atoms with Crippen LogP contribution in [0.3, 0.4) is 0 Å². The van der Waals surface area contributed by atoms with E-state index in [0.29, 0.717) is 66.9 Å². The van der Waals surface area contributed by atoms with Crippen molar-refractivity contribution in [2.75, 3.05) is 31.1 Å². The van der Waals surface area contributed by atoms with Crippen LogP contribution in [0.4, 0.5) is 5.95 Å². The number of aliphatic hydroxyl groups excluding tert-OH is 1. The molecule has 0 radical (unpaired) electrons. The lowest BCUT2D eigenvalue weighted by Crippen LogP contribution is -2.74. The average molecular weight is 567 g/mol. The predicted molar refractivity (Wildman–Crippen MR) is 149 cm³/mol. The Labute approximate surface area is 239 Å². The third-order valence-electron chi connectivity index (χ3n) is 8.62. The predicted octanol–water partition coefficient (Wildman–Crippen LogP) is 3.03. The van der Waals surface area contributed by atoms with E-state index in [1.807, 2.05) is 43.6 Å². The van der Waals surface area contributed by atoms with E-state index in [1.54, 1.807) is 18.2 Å². The first-order valence-electron chi connectivity index (χ1n) is 13.6. The van der Waals surface area contributed by atoms with Crippen molar-refractivity contribution in [2.24, 2.45) is 16.7 Å². The van der Waals surface area contributed by atoms with Gasteiger partial charge in [0.2, 0.25) is 11.9 Å². The van der Waals surface area contributed by atoms with Crippen molar-refractivity contribution in [2.45, 2.75) is 58.8 Å². The number of anilines is 1. The van der Waals surface area contributed by atoms with Crippen LogP contribution in [0.2, 0.25) is 5.02 Å². The van der Waals surface area contributed by atoms with E-state index < -0.39 is 0 Å². The van der Waals surface area contributed by atoms with Crippen molar-refractivity contribution in [1.29, 1.82) is 5.26 Å². The van der Waals surface area contributed by atoms with Gasteiger partial charge < -0.3 is 25.0 Å². The molecule has 2 saturated heterocycles. The Morgan fingerprint density at radius 2 is 1.75 bits per heavy atom. The van der Waals surface area contributed by atoms with Crippen LogP contribution >= 0.6 is 11.6 Å². The van der Waals surface area contributed by atoms with E-state index in [0.717, 1.165) is 0 Å². The minimum absolute atomic E-state index is 0.0969. The quantitative estimate of drug-likeness (QED) is 0.545. The minimum Gasteiger partial charge on any atom is -0.489 e. The van der Waals surface area contributed by atoms with Gasteiger partial charge in [0.1, 0.15) is 17.9 Å². The number of piperidine rings is 1. The van der Waals surface area contributed by atoms with Crippen LogP contribution < -0.4 is 15.0 Å². The van der Waals surface area contributed by atoms with Crippen molar-refractivity contribution in [3.05, 3.63) is 46.7 Å². The minimum atomic E-state index is -0.383. The van der Waals surface area contributed by atoms with Crippen LogP contribution in [0.15, 0.2) is 30.6 Å². The van der Waals surface area contributed by atoms with Crippen LogP contribution in [0.25, 0.3) is 0 Å². The lowest BCUT2D eigenvalue weighted by atomic mass is 9.49. The summed E-state index contributed by atoms with van der Waals surface area (Å²) in [5.74, 6) is 0.832. The molecule has 2 aliphatic heterocycles. The smallest absolute Gasteiger partial charge is 0.254 e. The molecule has 1 aromatic heterocycles. The lowest BCUT2D eigenvalue weighted by Gasteiger charge is -2.63. The molecule has 10 nitrogen and oxygen atoms in total. The number of amides is 2. The van der Waals surface area contributed by atoms with Crippen LogP contribution in [-0.4, -0.2) is 76.2 Å². The van der Waals surface area contributed by atoms with E-state index in [2.05, 4.69) is 15.3 Å². The second-order valence-corrected chi connectivity index (χ2v) is 12.6. The van der Waals surface area contributed by atoms with Gasteiger partial charge in [-0.2, -0.15) is 5.26 Å². The normalized spacial score (nSPS) is 23.9. The zero-order valence-corrected chi connectivity index (χ0v) is 24.0. The number of carbonyl (C=O) groups is 2. The second-order valence-electron chi connectivity index (χ2n) is 12.2. The topological polar surface area (TPSA) is 132 Å². The van der Waals surface area contributed by atoms with Gasteiger partial charge in [-0.15, -0.1) is 0 Å². The molecule has 3 aliphatic rings. The molecule has 212 valence electrons. The second kappa shape index (κ2) is 10.5. The van der Waals surface area contributed by atoms with Crippen molar-refractivity contribution in [1.82, 2.24) is 20.2 Å². The molecule has 0 unspecified atom stereocenters. The molecule has 11 heteroatoms. The first-order valence-corrected chi connectivity index (χ1v) is 14.0. The number of nitriles is 1. The number of aromatic nitrogens is 2. The van der Waals surface area contributed by atoms with Crippen LogP contribution in [0.5, 0.6) is 5.75 Å². The molecule has 1 saturated carbocycles. The van der Waals surface area contributed by atoms with Crippen molar-refractivity contribution in [3.63, 3.8) is 0 Å². The molecular formula is C29H35ClN6O4. The summed E-state index contributed by atoms with van der Waals surface area (Å²) in [5, 5.41) is 22.3. The number of benzene rings is 1. The SMILES string of the molecule is CC1(C)C(NC(=O)c2cnc(N3CC(C(=O)N4CCC(O)CC4)C3)nc2)C(C)(C)C1Oc1ccc(C#N)c(Cl)c1. The highest BCUT2D eigenvalue weighted by atomic mass is 35.5. The summed E-state index contributed by atoms with van der Waals surface area (Å²) in [6.45, 7) is 10.5. The lowest BCUT2D eigenvalue weighted by molar-refractivity contribution is -0.164. The maximum absolute atomic E-state index is 13.1. The molecule has 2 aromatic rings. The molecule has 2 amide bonds. The zero-order chi connectivity index (χ0) is 28.8. The van der Waals surface area contributed by atoms with Gasteiger partial charge in [-0.05, 0) is 25.0 Å². The monoisotopic (exact) mass is 566 g/mol. The van der Waals surface area contributed by atoms with E-state index >= 15 is 0 Å². The average Bonchev–Trinajstić information content (AvgIpc) is 2.90. The number of hydrogen-bond acceptors (Lipinski definition) is 8. The van der Waals surface area contributed by atoms with Crippen LogP contribution in [0.1, 0.15) is 56.5 Å². The van der Waals surface area contributed by atoms with Gasteiger partial charge in [0.25, 0.3) is 5.91 Å². The molecule has 40 heavy (non-hydrogen) atoms. The number of nitrogens with one attached hydrogen (secondary N) is 1. The molecule has 0 spiro atoms. The molecule has 3 fully saturated rings. The van der Waals surface area contributed by atoms with Crippen molar-refractivity contribution < 1.29 is 19.4 Å². The third-order valence-corrected chi connectivity index (χ3v) is 8.93. The maximum Gasteiger partial charge on any atom is 0.254 e. The summed E-state index contributed by atoms with van der Waals surface area (Å²) in [7, 11) is 0. The third kappa shape index (κ3) is 5.08. The standard InChI is InChI=1S/C29H35ClN6O4/c1-28(2)25(29(3,4)26(28)40-21-6-5-17(12-31)22(30)11-21)34-23(38)18-13-32-27(33-14-18)36-15-19(16-36)24(39)35-9-7-20(37)8-10-35/h5-6,11,13-14,19-20,25-26,37H,7-10,15-16H2,1-4H3,(H,34,38). The highest BCUT2D eigenvalue weighted by Gasteiger charge is 2.64. The van der Waals surface area contributed by atoms with E-state index in [1.165, 1.54) is 12.4 Å². The van der Waals surface area contributed by atoms with E-state index in [4.69, 9.17) is 21.6 Å². The highest BCUT2D eigenvalue weighted by molar-refractivity contribution is 6.31. The van der Waals surface area contributed by atoms with Gasteiger partial charge >= 0.3 is 0 Å². The summed E-state index contributed by atoms with van der Waals surface area (Å²) in [4.78, 5) is 38.4. The number of likely N-dealkylation sites (tertiary alicyclic amines) is 1. The van der Waals surface area contributed by atoms with Gasteiger partial charge in [0.05, 0.1) is 28.2 Å². The summed E-state index contributed by atoms with van der Waals surface area (Å²) in [6, 6.07) is 6.88.